The molecule has 22 heavy (non-hydrogen) atoms. The molecule has 0 fully saturated rings. The standard InChI is InChI=1S/C16H14ClFN2O2/c1-9-3-4-10(15(21)19-2)7-14(9)20-16(22)12-6-5-11(17)8-13(12)18/h3-8H,1-2H3,(H,19,21)(H,20,22). The molecule has 0 atom stereocenters. The number of amides is 2. The largest absolute Gasteiger partial charge is 0.355 e. The highest BCUT2D eigenvalue weighted by Gasteiger charge is 2.14. The Morgan fingerprint density at radius 1 is 1.09 bits per heavy atom. The van der Waals surface area contributed by atoms with Gasteiger partial charge in [-0.1, -0.05) is 17.7 Å². The number of carbonyl (C=O) groups is 2. The minimum absolute atomic E-state index is 0.117. The first-order chi connectivity index (χ1) is 10.4. The first-order valence-electron chi connectivity index (χ1n) is 6.51. The van der Waals surface area contributed by atoms with E-state index in [1.807, 2.05) is 0 Å². The molecule has 4 nitrogen and oxygen atoms in total. The number of aryl methyl sites for hydroxylation is 1. The first kappa shape index (κ1) is 16.0. The fourth-order valence-electron chi connectivity index (χ4n) is 1.91. The fourth-order valence-corrected chi connectivity index (χ4v) is 2.06. The summed E-state index contributed by atoms with van der Waals surface area (Å²) >= 11 is 5.66. The summed E-state index contributed by atoms with van der Waals surface area (Å²) in [5, 5.41) is 5.32. The van der Waals surface area contributed by atoms with E-state index in [1.54, 1.807) is 25.1 Å². The molecule has 2 N–H and O–H groups in total. The lowest BCUT2D eigenvalue weighted by Gasteiger charge is -2.11. The molecule has 0 aliphatic carbocycles. The van der Waals surface area contributed by atoms with Gasteiger partial charge >= 0.3 is 0 Å². The number of nitrogens with one attached hydrogen (secondary N) is 2. The third-order valence-electron chi connectivity index (χ3n) is 3.15. The molecule has 6 heteroatoms. The van der Waals surface area contributed by atoms with Gasteiger partial charge in [0, 0.05) is 23.3 Å². The van der Waals surface area contributed by atoms with Crippen LogP contribution in [-0.4, -0.2) is 18.9 Å². The van der Waals surface area contributed by atoms with Crippen LogP contribution in [-0.2, 0) is 0 Å². The molecule has 0 saturated heterocycles. The van der Waals surface area contributed by atoms with Gasteiger partial charge in [-0.05, 0) is 42.8 Å². The second kappa shape index (κ2) is 6.58. The molecule has 0 radical (unpaired) electrons. The predicted octanol–water partition coefficient (Wildman–Crippen LogP) is 3.40. The van der Waals surface area contributed by atoms with Crippen molar-refractivity contribution in [2.45, 2.75) is 6.92 Å². The average Bonchev–Trinajstić information content (AvgIpc) is 2.48. The van der Waals surface area contributed by atoms with Crippen LogP contribution < -0.4 is 10.6 Å². The normalized spacial score (nSPS) is 10.2. The number of carbonyl (C=O) groups excluding carboxylic acids is 2. The topological polar surface area (TPSA) is 58.2 Å². The fraction of sp³-hybridized carbons (Fsp3) is 0.125. The van der Waals surface area contributed by atoms with Crippen molar-refractivity contribution in [1.29, 1.82) is 0 Å². The van der Waals surface area contributed by atoms with Crippen LogP contribution in [0.4, 0.5) is 10.1 Å². The van der Waals surface area contributed by atoms with Crippen molar-refractivity contribution in [3.63, 3.8) is 0 Å². The van der Waals surface area contributed by atoms with Gasteiger partial charge in [-0.2, -0.15) is 0 Å². The van der Waals surface area contributed by atoms with Crippen molar-refractivity contribution in [2.24, 2.45) is 0 Å². The highest BCUT2D eigenvalue weighted by molar-refractivity contribution is 6.30. The van der Waals surface area contributed by atoms with Crippen molar-refractivity contribution in [1.82, 2.24) is 5.32 Å². The molecule has 0 saturated carbocycles. The van der Waals surface area contributed by atoms with E-state index in [2.05, 4.69) is 10.6 Å². The van der Waals surface area contributed by atoms with Crippen LogP contribution in [0, 0.1) is 12.7 Å². The predicted molar refractivity (Wildman–Crippen MR) is 83.9 cm³/mol. The molecule has 2 amide bonds. The first-order valence-corrected chi connectivity index (χ1v) is 6.89. The quantitative estimate of drug-likeness (QED) is 0.910. The molecule has 2 aromatic rings. The Morgan fingerprint density at radius 3 is 2.45 bits per heavy atom. The second-order valence-corrected chi connectivity index (χ2v) is 5.12. The van der Waals surface area contributed by atoms with Crippen LogP contribution in [0.5, 0.6) is 0 Å². The molecule has 0 aliphatic heterocycles. The second-order valence-electron chi connectivity index (χ2n) is 4.69. The van der Waals surface area contributed by atoms with E-state index in [-0.39, 0.29) is 16.5 Å². The molecular weight excluding hydrogens is 307 g/mol. The maximum absolute atomic E-state index is 13.8. The Kier molecular flexibility index (Phi) is 4.78. The summed E-state index contributed by atoms with van der Waals surface area (Å²) in [6.07, 6.45) is 0. The van der Waals surface area contributed by atoms with Gasteiger partial charge in [0.2, 0.25) is 0 Å². The van der Waals surface area contributed by atoms with E-state index >= 15 is 0 Å². The number of hydrogen-bond acceptors (Lipinski definition) is 2. The van der Waals surface area contributed by atoms with E-state index in [1.165, 1.54) is 19.2 Å². The van der Waals surface area contributed by atoms with Crippen LogP contribution in [0.15, 0.2) is 36.4 Å². The summed E-state index contributed by atoms with van der Waals surface area (Å²) in [6.45, 7) is 1.78. The zero-order valence-corrected chi connectivity index (χ0v) is 12.8. The molecule has 114 valence electrons. The van der Waals surface area contributed by atoms with Gasteiger partial charge in [-0.3, -0.25) is 9.59 Å². The van der Waals surface area contributed by atoms with Gasteiger partial charge in [0.15, 0.2) is 0 Å². The van der Waals surface area contributed by atoms with Crippen molar-refractivity contribution < 1.29 is 14.0 Å². The summed E-state index contributed by atoms with van der Waals surface area (Å²) < 4.78 is 13.8. The highest BCUT2D eigenvalue weighted by atomic mass is 35.5. The van der Waals surface area contributed by atoms with E-state index in [0.29, 0.717) is 11.3 Å². The number of halogens is 2. The SMILES string of the molecule is CNC(=O)c1ccc(C)c(NC(=O)c2ccc(Cl)cc2F)c1. The lowest BCUT2D eigenvalue weighted by atomic mass is 10.1. The minimum atomic E-state index is -0.704. The smallest absolute Gasteiger partial charge is 0.258 e. The average molecular weight is 321 g/mol. The zero-order chi connectivity index (χ0) is 16.3. The molecule has 0 spiro atoms. The number of hydrogen-bond donors (Lipinski definition) is 2. The monoisotopic (exact) mass is 320 g/mol. The van der Waals surface area contributed by atoms with E-state index in [0.717, 1.165) is 11.6 Å². The van der Waals surface area contributed by atoms with Gasteiger partial charge < -0.3 is 10.6 Å². The Balaban J connectivity index is 2.29. The molecule has 0 bridgehead atoms. The van der Waals surface area contributed by atoms with Gasteiger partial charge in [0.1, 0.15) is 5.82 Å². The van der Waals surface area contributed by atoms with Gasteiger partial charge in [-0.15, -0.1) is 0 Å². The summed E-state index contributed by atoms with van der Waals surface area (Å²) in [7, 11) is 1.52. The van der Waals surface area contributed by atoms with Crippen LogP contribution in [0.2, 0.25) is 5.02 Å². The van der Waals surface area contributed by atoms with Crippen molar-refractivity contribution in [3.8, 4) is 0 Å². The third kappa shape index (κ3) is 3.43. The molecule has 2 rings (SSSR count). The minimum Gasteiger partial charge on any atom is -0.355 e. The van der Waals surface area contributed by atoms with Crippen molar-refractivity contribution >= 4 is 29.1 Å². The molecule has 0 unspecified atom stereocenters. The lowest BCUT2D eigenvalue weighted by Crippen LogP contribution is -2.19. The molecule has 0 aliphatic rings. The zero-order valence-electron chi connectivity index (χ0n) is 12.0. The molecule has 0 aromatic heterocycles. The van der Waals surface area contributed by atoms with Gasteiger partial charge in [-0.25, -0.2) is 4.39 Å². The molecule has 0 heterocycles. The van der Waals surface area contributed by atoms with Gasteiger partial charge in [0.25, 0.3) is 11.8 Å². The number of benzene rings is 2. The summed E-state index contributed by atoms with van der Waals surface area (Å²) in [6, 6.07) is 8.72. The third-order valence-corrected chi connectivity index (χ3v) is 3.39. The Labute approximate surface area is 132 Å². The van der Waals surface area contributed by atoms with Gasteiger partial charge in [0.05, 0.1) is 5.56 Å². The summed E-state index contributed by atoms with van der Waals surface area (Å²) in [5.74, 6) is -1.58. The Morgan fingerprint density at radius 2 is 1.82 bits per heavy atom. The Bertz CT molecular complexity index is 747. The van der Waals surface area contributed by atoms with Crippen molar-refractivity contribution in [3.05, 3.63) is 63.9 Å². The maximum Gasteiger partial charge on any atom is 0.258 e. The number of rotatable bonds is 3. The molecule has 2 aromatic carbocycles. The van der Waals surface area contributed by atoms with E-state index in [9.17, 15) is 14.0 Å². The van der Waals surface area contributed by atoms with Crippen LogP contribution >= 0.6 is 11.6 Å². The maximum atomic E-state index is 13.8. The van der Waals surface area contributed by atoms with E-state index in [4.69, 9.17) is 11.6 Å². The summed E-state index contributed by atoms with van der Waals surface area (Å²) in [5.41, 5.74) is 1.49. The number of anilines is 1. The van der Waals surface area contributed by atoms with Crippen LogP contribution in [0.3, 0.4) is 0 Å². The Hall–Kier alpha value is -2.40. The lowest BCUT2D eigenvalue weighted by molar-refractivity contribution is 0.0961. The van der Waals surface area contributed by atoms with E-state index < -0.39 is 11.7 Å². The van der Waals surface area contributed by atoms with Crippen LogP contribution in [0.25, 0.3) is 0 Å². The highest BCUT2D eigenvalue weighted by Crippen LogP contribution is 2.20. The molecular formula is C16H14ClFN2O2. The summed E-state index contributed by atoms with van der Waals surface area (Å²) in [4.78, 5) is 23.8. The van der Waals surface area contributed by atoms with Crippen LogP contribution in [0.1, 0.15) is 26.3 Å². The van der Waals surface area contributed by atoms with Crippen molar-refractivity contribution in [2.75, 3.05) is 12.4 Å².